The second-order valence-electron chi connectivity index (χ2n) is 5.53. The maximum atomic E-state index is 12.6. The molecular weight excluding hydrogens is 312 g/mol. The van der Waals surface area contributed by atoms with Crippen molar-refractivity contribution >= 4 is 23.2 Å². The fourth-order valence-electron chi connectivity index (χ4n) is 2.46. The first-order valence-corrected chi connectivity index (χ1v) is 9.04. The van der Waals surface area contributed by atoms with E-state index >= 15 is 0 Å². The molecule has 0 bridgehead atoms. The molecule has 1 amide bonds. The maximum Gasteiger partial charge on any atom is 0.310 e. The Hall–Kier alpha value is -1.40. The molecule has 1 aromatic rings. The van der Waals surface area contributed by atoms with Crippen LogP contribution < -0.4 is 0 Å². The van der Waals surface area contributed by atoms with Gasteiger partial charge in [0.2, 0.25) is 0 Å². The summed E-state index contributed by atoms with van der Waals surface area (Å²) >= 11 is 1.43. The fraction of sp³-hybridized carbons (Fsp3) is 0.647. The maximum absolute atomic E-state index is 12.6. The third-order valence-electron chi connectivity index (χ3n) is 3.91. The van der Waals surface area contributed by atoms with Crippen molar-refractivity contribution in [3.8, 4) is 0 Å². The SMILES string of the molecule is CCN(CC)CCCN(CC(C)C(=O)OC)C(=O)c1cccs1. The quantitative estimate of drug-likeness (QED) is 0.615. The monoisotopic (exact) mass is 340 g/mol. The minimum atomic E-state index is -0.322. The largest absolute Gasteiger partial charge is 0.469 e. The van der Waals surface area contributed by atoms with Gasteiger partial charge in [0.1, 0.15) is 0 Å². The second kappa shape index (κ2) is 10.4. The second-order valence-corrected chi connectivity index (χ2v) is 6.48. The summed E-state index contributed by atoms with van der Waals surface area (Å²) in [7, 11) is 1.38. The zero-order valence-electron chi connectivity index (χ0n) is 14.6. The third-order valence-corrected chi connectivity index (χ3v) is 4.77. The molecule has 1 atom stereocenters. The van der Waals surface area contributed by atoms with Crippen LogP contribution in [0.4, 0.5) is 0 Å². The molecule has 0 aromatic carbocycles. The van der Waals surface area contributed by atoms with E-state index in [4.69, 9.17) is 4.74 Å². The van der Waals surface area contributed by atoms with Crippen molar-refractivity contribution in [3.63, 3.8) is 0 Å². The number of hydrogen-bond donors (Lipinski definition) is 0. The highest BCUT2D eigenvalue weighted by Crippen LogP contribution is 2.14. The van der Waals surface area contributed by atoms with Gasteiger partial charge in [-0.2, -0.15) is 0 Å². The van der Waals surface area contributed by atoms with Gasteiger partial charge in [0, 0.05) is 13.1 Å². The average Bonchev–Trinajstić information content (AvgIpc) is 3.10. The van der Waals surface area contributed by atoms with Gasteiger partial charge in [-0.3, -0.25) is 9.59 Å². The lowest BCUT2D eigenvalue weighted by atomic mass is 10.1. The zero-order chi connectivity index (χ0) is 17.2. The van der Waals surface area contributed by atoms with Crippen molar-refractivity contribution in [1.29, 1.82) is 0 Å². The van der Waals surface area contributed by atoms with Crippen molar-refractivity contribution in [2.75, 3.05) is 39.8 Å². The highest BCUT2D eigenvalue weighted by molar-refractivity contribution is 7.12. The summed E-state index contributed by atoms with van der Waals surface area (Å²) in [6.45, 7) is 10.1. The standard InChI is InChI=1S/C17H28N2O3S/c1-5-18(6-2)10-8-11-19(13-14(3)17(21)22-4)16(20)15-9-7-12-23-15/h7,9,12,14H,5-6,8,10-11,13H2,1-4H3. The number of carbonyl (C=O) groups is 2. The van der Waals surface area contributed by atoms with E-state index in [9.17, 15) is 9.59 Å². The van der Waals surface area contributed by atoms with Crippen LogP contribution in [0.2, 0.25) is 0 Å². The Labute approximate surface area is 143 Å². The average molecular weight is 340 g/mol. The van der Waals surface area contributed by atoms with Crippen molar-refractivity contribution in [3.05, 3.63) is 22.4 Å². The Morgan fingerprint density at radius 2 is 1.96 bits per heavy atom. The molecule has 23 heavy (non-hydrogen) atoms. The Balaban J connectivity index is 2.68. The number of thiophene rings is 1. The van der Waals surface area contributed by atoms with Crippen LogP contribution in [-0.4, -0.2) is 61.5 Å². The highest BCUT2D eigenvalue weighted by Gasteiger charge is 2.22. The van der Waals surface area contributed by atoms with Crippen LogP contribution >= 0.6 is 11.3 Å². The molecule has 0 spiro atoms. The molecule has 1 unspecified atom stereocenters. The number of hydrogen-bond acceptors (Lipinski definition) is 5. The Kier molecular flexibility index (Phi) is 8.87. The van der Waals surface area contributed by atoms with E-state index in [-0.39, 0.29) is 17.8 Å². The smallest absolute Gasteiger partial charge is 0.310 e. The van der Waals surface area contributed by atoms with E-state index in [1.165, 1.54) is 18.4 Å². The topological polar surface area (TPSA) is 49.9 Å². The van der Waals surface area contributed by atoms with Gasteiger partial charge in [-0.15, -0.1) is 11.3 Å². The summed E-state index contributed by atoms with van der Waals surface area (Å²) in [5.74, 6) is -0.606. The number of methoxy groups -OCH3 is 1. The molecule has 0 saturated heterocycles. The molecule has 0 saturated carbocycles. The molecule has 0 fully saturated rings. The van der Waals surface area contributed by atoms with Gasteiger partial charge in [-0.05, 0) is 37.5 Å². The van der Waals surface area contributed by atoms with Gasteiger partial charge in [0.15, 0.2) is 0 Å². The first-order valence-electron chi connectivity index (χ1n) is 8.16. The molecule has 130 valence electrons. The molecule has 0 aliphatic heterocycles. The summed E-state index contributed by atoms with van der Waals surface area (Å²) in [6, 6.07) is 3.70. The van der Waals surface area contributed by atoms with Gasteiger partial charge in [-0.1, -0.05) is 26.8 Å². The number of ether oxygens (including phenoxy) is 1. The molecule has 0 N–H and O–H groups in total. The first-order chi connectivity index (χ1) is 11.0. The predicted molar refractivity (Wildman–Crippen MR) is 93.8 cm³/mol. The summed E-state index contributed by atoms with van der Waals surface area (Å²) in [6.07, 6.45) is 0.896. The summed E-state index contributed by atoms with van der Waals surface area (Å²) in [5.41, 5.74) is 0. The number of rotatable bonds is 10. The lowest BCUT2D eigenvalue weighted by molar-refractivity contribution is -0.145. The van der Waals surface area contributed by atoms with E-state index < -0.39 is 0 Å². The molecular formula is C17H28N2O3S. The van der Waals surface area contributed by atoms with Gasteiger partial charge in [0.05, 0.1) is 17.9 Å². The summed E-state index contributed by atoms with van der Waals surface area (Å²) in [5, 5.41) is 1.89. The van der Waals surface area contributed by atoms with Crippen molar-refractivity contribution in [1.82, 2.24) is 9.80 Å². The molecule has 0 aliphatic rings. The minimum Gasteiger partial charge on any atom is -0.469 e. The third kappa shape index (κ3) is 6.31. The van der Waals surface area contributed by atoms with E-state index in [1.54, 1.807) is 11.8 Å². The van der Waals surface area contributed by atoms with E-state index in [0.29, 0.717) is 18.0 Å². The van der Waals surface area contributed by atoms with Crippen molar-refractivity contribution < 1.29 is 14.3 Å². The molecule has 5 nitrogen and oxygen atoms in total. The van der Waals surface area contributed by atoms with Gasteiger partial charge in [-0.25, -0.2) is 0 Å². The van der Waals surface area contributed by atoms with Crippen LogP contribution in [-0.2, 0) is 9.53 Å². The van der Waals surface area contributed by atoms with E-state index in [1.807, 2.05) is 17.5 Å². The number of nitrogens with zero attached hydrogens (tertiary/aromatic N) is 2. The molecule has 0 aliphatic carbocycles. The lowest BCUT2D eigenvalue weighted by Crippen LogP contribution is -2.39. The van der Waals surface area contributed by atoms with Gasteiger partial charge >= 0.3 is 5.97 Å². The van der Waals surface area contributed by atoms with E-state index in [0.717, 1.165) is 26.1 Å². The number of amides is 1. The number of esters is 1. The molecule has 1 rings (SSSR count). The molecule has 1 heterocycles. The van der Waals surface area contributed by atoms with Gasteiger partial charge < -0.3 is 14.5 Å². The van der Waals surface area contributed by atoms with Crippen LogP contribution in [0.25, 0.3) is 0 Å². The van der Waals surface area contributed by atoms with Crippen molar-refractivity contribution in [2.45, 2.75) is 27.2 Å². The number of carbonyl (C=O) groups excluding carboxylic acids is 2. The highest BCUT2D eigenvalue weighted by atomic mass is 32.1. The molecule has 6 heteroatoms. The fourth-order valence-corrected chi connectivity index (χ4v) is 3.15. The van der Waals surface area contributed by atoms with Crippen molar-refractivity contribution in [2.24, 2.45) is 5.92 Å². The van der Waals surface area contributed by atoms with Gasteiger partial charge in [0.25, 0.3) is 5.91 Å². The normalized spacial score (nSPS) is 12.2. The van der Waals surface area contributed by atoms with Crippen LogP contribution in [0.3, 0.4) is 0 Å². The Morgan fingerprint density at radius 1 is 1.26 bits per heavy atom. The summed E-state index contributed by atoms with van der Waals surface area (Å²) < 4.78 is 4.78. The predicted octanol–water partition coefficient (Wildman–Crippen LogP) is 2.73. The van der Waals surface area contributed by atoms with Crippen LogP contribution in [0.1, 0.15) is 36.9 Å². The first kappa shape index (κ1) is 19.6. The van der Waals surface area contributed by atoms with Crippen LogP contribution in [0.15, 0.2) is 17.5 Å². The van der Waals surface area contributed by atoms with Crippen LogP contribution in [0.5, 0.6) is 0 Å². The zero-order valence-corrected chi connectivity index (χ0v) is 15.4. The molecule has 1 aromatic heterocycles. The minimum absolute atomic E-state index is 0.00435. The Morgan fingerprint density at radius 3 is 2.48 bits per heavy atom. The lowest BCUT2D eigenvalue weighted by Gasteiger charge is -2.26. The van der Waals surface area contributed by atoms with E-state index in [2.05, 4.69) is 18.7 Å². The molecule has 0 radical (unpaired) electrons. The summed E-state index contributed by atoms with van der Waals surface area (Å²) in [4.78, 5) is 29.1. The Bertz CT molecular complexity index is 472. The van der Waals surface area contributed by atoms with Crippen LogP contribution in [0, 0.1) is 5.92 Å².